The summed E-state index contributed by atoms with van der Waals surface area (Å²) in [6.07, 6.45) is 4.51. The minimum Gasteiger partial charge on any atom is -0.461 e. The van der Waals surface area contributed by atoms with Crippen LogP contribution in [0.25, 0.3) is 0 Å². The first-order chi connectivity index (χ1) is 14.5. The minimum absolute atomic E-state index is 0.0685. The maximum Gasteiger partial charge on any atom is 0.331 e. The van der Waals surface area contributed by atoms with E-state index in [2.05, 4.69) is 0 Å². The van der Waals surface area contributed by atoms with Gasteiger partial charge in [0.2, 0.25) is 5.78 Å². The van der Waals surface area contributed by atoms with Crippen LogP contribution in [0.2, 0.25) is 0 Å². The number of Topliss-reactive ketones (excluding diaryl/α,β-unsaturated/α-hetero) is 1. The van der Waals surface area contributed by atoms with E-state index in [-0.39, 0.29) is 35.5 Å². The monoisotopic (exact) mass is 428 g/mol. The summed E-state index contributed by atoms with van der Waals surface area (Å²) in [5.41, 5.74) is 2.35. The third-order valence-corrected chi connectivity index (χ3v) is 6.73. The second-order valence-corrected chi connectivity index (χ2v) is 9.55. The molecule has 0 saturated heterocycles. The molecule has 0 aromatic carbocycles. The Hall–Kier alpha value is -2.63. The zero-order valence-electron chi connectivity index (χ0n) is 19.4. The molecule has 1 saturated carbocycles. The molecule has 2 aliphatic rings. The van der Waals surface area contributed by atoms with Gasteiger partial charge in [-0.25, -0.2) is 9.59 Å². The fraction of sp³-hybridized carbons (Fsp3) is 0.560. The molecule has 1 aromatic heterocycles. The minimum atomic E-state index is -0.738. The summed E-state index contributed by atoms with van der Waals surface area (Å²) in [4.78, 5) is 38.3. The van der Waals surface area contributed by atoms with Gasteiger partial charge in [-0.3, -0.25) is 4.79 Å². The van der Waals surface area contributed by atoms with Crippen molar-refractivity contribution in [2.45, 2.75) is 73.5 Å². The number of rotatable bonds is 4. The van der Waals surface area contributed by atoms with E-state index < -0.39 is 17.5 Å². The molecule has 1 heterocycles. The summed E-state index contributed by atoms with van der Waals surface area (Å²) >= 11 is 0. The average Bonchev–Trinajstić information content (AvgIpc) is 3.03. The lowest BCUT2D eigenvalue weighted by Crippen LogP contribution is -2.55. The van der Waals surface area contributed by atoms with Crippen molar-refractivity contribution in [2.75, 3.05) is 0 Å². The zero-order chi connectivity index (χ0) is 23.1. The number of carbonyl (C=O) groups is 3. The summed E-state index contributed by atoms with van der Waals surface area (Å²) in [6, 6.07) is 0. The Balaban J connectivity index is 2.04. The maximum atomic E-state index is 13.3. The van der Waals surface area contributed by atoms with Crippen molar-refractivity contribution in [2.24, 2.45) is 17.3 Å². The molecule has 1 fully saturated rings. The lowest BCUT2D eigenvalue weighted by molar-refractivity contribution is -0.177. The molecule has 0 spiro atoms. The molecule has 5 unspecified atom stereocenters. The van der Waals surface area contributed by atoms with Gasteiger partial charge in [0.05, 0.1) is 6.26 Å². The number of esters is 2. The molecule has 0 amide bonds. The second kappa shape index (κ2) is 8.48. The number of furan rings is 1. The van der Waals surface area contributed by atoms with Crippen LogP contribution in [0.4, 0.5) is 0 Å². The van der Waals surface area contributed by atoms with Crippen LogP contribution in [-0.2, 0) is 19.1 Å². The Labute approximate surface area is 183 Å². The van der Waals surface area contributed by atoms with Crippen molar-refractivity contribution in [3.63, 3.8) is 0 Å². The average molecular weight is 429 g/mol. The molecule has 2 aliphatic carbocycles. The summed E-state index contributed by atoms with van der Waals surface area (Å²) in [5, 5.41) is 0. The Bertz CT molecular complexity index is 957. The molecule has 0 radical (unpaired) electrons. The molecule has 31 heavy (non-hydrogen) atoms. The van der Waals surface area contributed by atoms with Crippen LogP contribution in [0.1, 0.15) is 82.2 Å². The normalized spacial score (nSPS) is 29.3. The van der Waals surface area contributed by atoms with Gasteiger partial charge in [-0.05, 0) is 53.0 Å². The predicted octanol–water partition coefficient (Wildman–Crippen LogP) is 5.27. The molecule has 168 valence electrons. The van der Waals surface area contributed by atoms with E-state index in [1.165, 1.54) is 12.2 Å². The molecular formula is C25H32O6. The highest BCUT2D eigenvalue weighted by atomic mass is 16.6. The number of allylic oxidation sites excluding steroid dienone is 2. The van der Waals surface area contributed by atoms with Crippen molar-refractivity contribution in [1.29, 1.82) is 0 Å². The summed E-state index contributed by atoms with van der Waals surface area (Å²) < 4.78 is 17.4. The number of hydrogen-bond donors (Lipinski definition) is 0. The first kappa shape index (κ1) is 23.0. The van der Waals surface area contributed by atoms with Crippen LogP contribution < -0.4 is 0 Å². The van der Waals surface area contributed by atoms with Gasteiger partial charge in [-0.15, -0.1) is 0 Å². The van der Waals surface area contributed by atoms with Crippen molar-refractivity contribution in [3.05, 3.63) is 46.4 Å². The number of carbonyl (C=O) groups excluding carboxylic acids is 3. The zero-order valence-corrected chi connectivity index (χ0v) is 19.4. The summed E-state index contributed by atoms with van der Waals surface area (Å²) in [7, 11) is 0. The van der Waals surface area contributed by atoms with Crippen molar-refractivity contribution in [3.8, 4) is 0 Å². The number of fused-ring (bicyclic) bond motifs is 2. The van der Waals surface area contributed by atoms with E-state index in [1.54, 1.807) is 6.26 Å². The van der Waals surface area contributed by atoms with Gasteiger partial charge in [0.1, 0.15) is 12.2 Å². The molecule has 3 rings (SSSR count). The van der Waals surface area contributed by atoms with Crippen molar-refractivity contribution >= 4 is 17.7 Å². The van der Waals surface area contributed by atoms with E-state index in [0.29, 0.717) is 18.4 Å². The standard InChI is InChI=1S/C25H32O6/c1-13(2)10-19(26)30-18-9-8-17-22(28)23-21(15(5)12-29-23)24(25(17,7)16(18)6)31-20(27)11-14(3)4/h10-12,16-18,24H,8-9H2,1-7H3. The molecule has 0 aliphatic heterocycles. The van der Waals surface area contributed by atoms with Crippen LogP contribution in [-0.4, -0.2) is 23.8 Å². The van der Waals surface area contributed by atoms with Gasteiger partial charge in [0.25, 0.3) is 0 Å². The fourth-order valence-electron chi connectivity index (χ4n) is 5.04. The third kappa shape index (κ3) is 4.12. The molecule has 0 bridgehead atoms. The van der Waals surface area contributed by atoms with Crippen LogP contribution in [0.3, 0.4) is 0 Å². The van der Waals surface area contributed by atoms with Gasteiger partial charge < -0.3 is 13.9 Å². The number of ketones is 1. The van der Waals surface area contributed by atoms with Gasteiger partial charge >= 0.3 is 11.9 Å². The topological polar surface area (TPSA) is 82.8 Å². The van der Waals surface area contributed by atoms with Crippen LogP contribution in [0.5, 0.6) is 0 Å². The molecule has 1 aromatic rings. The van der Waals surface area contributed by atoms with Gasteiger partial charge in [-0.2, -0.15) is 0 Å². The largest absolute Gasteiger partial charge is 0.461 e. The Morgan fingerprint density at radius 1 is 1.06 bits per heavy atom. The van der Waals surface area contributed by atoms with Crippen LogP contribution in [0, 0.1) is 24.2 Å². The molecule has 6 heteroatoms. The quantitative estimate of drug-likeness (QED) is 0.480. The second-order valence-electron chi connectivity index (χ2n) is 9.55. The van der Waals surface area contributed by atoms with E-state index in [4.69, 9.17) is 13.9 Å². The Kier molecular flexibility index (Phi) is 6.30. The Morgan fingerprint density at radius 2 is 1.65 bits per heavy atom. The van der Waals surface area contributed by atoms with Crippen molar-refractivity contribution in [1.82, 2.24) is 0 Å². The third-order valence-electron chi connectivity index (χ3n) is 6.73. The molecule has 5 atom stereocenters. The number of aryl methyl sites for hydroxylation is 1. The van der Waals surface area contributed by atoms with Crippen LogP contribution >= 0.6 is 0 Å². The highest BCUT2D eigenvalue weighted by Crippen LogP contribution is 2.59. The maximum absolute atomic E-state index is 13.3. The Morgan fingerprint density at radius 3 is 2.23 bits per heavy atom. The van der Waals surface area contributed by atoms with Gasteiger partial charge in [0, 0.05) is 35.0 Å². The SMILES string of the molecule is CC(C)=CC(=O)OC1CCC2C(=O)c3occ(C)c3C(OC(=O)C=C(C)C)C2(C)C1C. The van der Waals surface area contributed by atoms with Gasteiger partial charge in [-0.1, -0.05) is 25.0 Å². The van der Waals surface area contributed by atoms with E-state index >= 15 is 0 Å². The van der Waals surface area contributed by atoms with Gasteiger partial charge in [0.15, 0.2) is 5.76 Å². The summed E-state index contributed by atoms with van der Waals surface area (Å²) in [5.74, 6) is -1.23. The van der Waals surface area contributed by atoms with E-state index in [1.807, 2.05) is 48.5 Å². The highest BCUT2D eigenvalue weighted by Gasteiger charge is 2.61. The molecule has 0 N–H and O–H groups in total. The molecular weight excluding hydrogens is 396 g/mol. The first-order valence-electron chi connectivity index (χ1n) is 10.8. The number of hydrogen-bond acceptors (Lipinski definition) is 6. The van der Waals surface area contributed by atoms with Crippen LogP contribution in [0.15, 0.2) is 34.0 Å². The number of ether oxygens (including phenoxy) is 2. The smallest absolute Gasteiger partial charge is 0.331 e. The van der Waals surface area contributed by atoms with E-state index in [0.717, 1.165) is 16.7 Å². The highest BCUT2D eigenvalue weighted by molar-refractivity contribution is 5.99. The lowest BCUT2D eigenvalue weighted by Gasteiger charge is -2.53. The lowest BCUT2D eigenvalue weighted by atomic mass is 9.53. The predicted molar refractivity (Wildman–Crippen MR) is 115 cm³/mol. The first-order valence-corrected chi connectivity index (χ1v) is 10.8. The van der Waals surface area contributed by atoms with Crippen molar-refractivity contribution < 1.29 is 28.3 Å². The molecule has 6 nitrogen and oxygen atoms in total. The fourth-order valence-corrected chi connectivity index (χ4v) is 5.04. The summed E-state index contributed by atoms with van der Waals surface area (Å²) in [6.45, 7) is 13.1. The van der Waals surface area contributed by atoms with E-state index in [9.17, 15) is 14.4 Å².